The second-order valence-corrected chi connectivity index (χ2v) is 5.99. The zero-order valence-corrected chi connectivity index (χ0v) is 14.6. The largest absolute Gasteiger partial charge is 0.496 e. The number of fused-ring (bicyclic) bond motifs is 1. The van der Waals surface area contributed by atoms with Gasteiger partial charge in [-0.2, -0.15) is 0 Å². The van der Waals surface area contributed by atoms with Gasteiger partial charge < -0.3 is 9.47 Å². The summed E-state index contributed by atoms with van der Waals surface area (Å²) in [4.78, 5) is 16.7. The van der Waals surface area contributed by atoms with Crippen molar-refractivity contribution in [1.29, 1.82) is 0 Å². The molecule has 3 aromatic rings. The van der Waals surface area contributed by atoms with Gasteiger partial charge in [-0.15, -0.1) is 0 Å². The van der Waals surface area contributed by atoms with Crippen molar-refractivity contribution in [2.24, 2.45) is 0 Å². The minimum Gasteiger partial charge on any atom is -0.496 e. The van der Waals surface area contributed by atoms with E-state index in [0.29, 0.717) is 22.4 Å². The molecule has 5 nitrogen and oxygen atoms in total. The Balaban J connectivity index is 2.08. The number of benzene rings is 2. The van der Waals surface area contributed by atoms with Crippen LogP contribution >= 0.6 is 15.9 Å². The van der Waals surface area contributed by atoms with Gasteiger partial charge in [-0.05, 0) is 40.2 Å². The van der Waals surface area contributed by atoms with Crippen LogP contribution in [0.1, 0.15) is 5.56 Å². The van der Waals surface area contributed by atoms with Crippen LogP contribution in [0.5, 0.6) is 11.5 Å². The van der Waals surface area contributed by atoms with Gasteiger partial charge in [-0.25, -0.2) is 9.37 Å². The number of aromatic nitrogens is 2. The fourth-order valence-electron chi connectivity index (χ4n) is 2.47. The Labute approximate surface area is 145 Å². The third-order valence-corrected chi connectivity index (χ3v) is 4.30. The highest BCUT2D eigenvalue weighted by Gasteiger charge is 2.12. The molecule has 24 heavy (non-hydrogen) atoms. The van der Waals surface area contributed by atoms with E-state index in [9.17, 15) is 9.18 Å². The molecule has 0 bridgehead atoms. The Kier molecular flexibility index (Phi) is 4.53. The molecule has 2 aromatic carbocycles. The fraction of sp³-hybridized carbons (Fsp3) is 0.176. The Morgan fingerprint density at radius 2 is 1.92 bits per heavy atom. The molecule has 0 N–H and O–H groups in total. The lowest BCUT2D eigenvalue weighted by molar-refractivity contribution is 0.395. The summed E-state index contributed by atoms with van der Waals surface area (Å²) in [6, 6.07) is 7.51. The lowest BCUT2D eigenvalue weighted by Gasteiger charge is -2.13. The first kappa shape index (κ1) is 16.4. The molecule has 7 heteroatoms. The number of nitrogens with zero attached hydrogens (tertiary/aromatic N) is 2. The van der Waals surface area contributed by atoms with Crippen molar-refractivity contribution in [2.75, 3.05) is 14.2 Å². The molecule has 124 valence electrons. The first-order valence-corrected chi connectivity index (χ1v) is 7.88. The molecule has 0 aliphatic rings. The molecular formula is C17H14BrFN2O3. The molecular weight excluding hydrogens is 379 g/mol. The number of ether oxygens (including phenoxy) is 2. The summed E-state index contributed by atoms with van der Waals surface area (Å²) >= 11 is 3.40. The van der Waals surface area contributed by atoms with Crippen LogP contribution in [0.15, 0.2) is 45.9 Å². The van der Waals surface area contributed by atoms with Crippen LogP contribution in [0.4, 0.5) is 4.39 Å². The predicted molar refractivity (Wildman–Crippen MR) is 92.3 cm³/mol. The Morgan fingerprint density at radius 1 is 1.17 bits per heavy atom. The van der Waals surface area contributed by atoms with Crippen LogP contribution in [0.25, 0.3) is 10.9 Å². The van der Waals surface area contributed by atoms with E-state index in [0.717, 1.165) is 10.0 Å². The zero-order chi connectivity index (χ0) is 17.3. The second kappa shape index (κ2) is 6.60. The van der Waals surface area contributed by atoms with Gasteiger partial charge >= 0.3 is 0 Å². The molecule has 0 radical (unpaired) electrons. The Morgan fingerprint density at radius 3 is 2.62 bits per heavy atom. The van der Waals surface area contributed by atoms with Gasteiger partial charge in [0, 0.05) is 11.6 Å². The maximum atomic E-state index is 13.3. The fourth-order valence-corrected chi connectivity index (χ4v) is 2.96. The minimum absolute atomic E-state index is 0.246. The van der Waals surface area contributed by atoms with Crippen molar-refractivity contribution in [3.05, 3.63) is 62.9 Å². The maximum Gasteiger partial charge on any atom is 0.261 e. The first-order chi connectivity index (χ1) is 11.5. The molecule has 0 saturated carbocycles. The smallest absolute Gasteiger partial charge is 0.261 e. The van der Waals surface area contributed by atoms with Gasteiger partial charge in [0.2, 0.25) is 0 Å². The quantitative estimate of drug-likeness (QED) is 0.682. The molecule has 0 unspecified atom stereocenters. The van der Waals surface area contributed by atoms with Crippen molar-refractivity contribution >= 4 is 26.8 Å². The van der Waals surface area contributed by atoms with E-state index >= 15 is 0 Å². The lowest BCUT2D eigenvalue weighted by atomic mass is 10.1. The number of rotatable bonds is 4. The molecule has 0 atom stereocenters. The number of hydrogen-bond acceptors (Lipinski definition) is 4. The third-order valence-electron chi connectivity index (χ3n) is 3.68. The van der Waals surface area contributed by atoms with E-state index in [2.05, 4.69) is 20.9 Å². The molecule has 1 aromatic heterocycles. The molecule has 0 aliphatic heterocycles. The Hall–Kier alpha value is -2.41. The van der Waals surface area contributed by atoms with Gasteiger partial charge in [0.1, 0.15) is 17.3 Å². The van der Waals surface area contributed by atoms with E-state index in [4.69, 9.17) is 9.47 Å². The summed E-state index contributed by atoms with van der Waals surface area (Å²) in [5, 5.41) is 0.363. The summed E-state index contributed by atoms with van der Waals surface area (Å²) < 4.78 is 26.1. The highest BCUT2D eigenvalue weighted by Crippen LogP contribution is 2.33. The SMILES string of the molecule is COc1cc(Cn2cnc3cc(F)ccc3c2=O)c(OC)cc1Br. The van der Waals surface area contributed by atoms with Crippen LogP contribution < -0.4 is 15.0 Å². The Bertz CT molecular complexity index is 972. The highest BCUT2D eigenvalue weighted by atomic mass is 79.9. The van der Waals surface area contributed by atoms with Gasteiger partial charge in [0.15, 0.2) is 0 Å². The van der Waals surface area contributed by atoms with Crippen molar-refractivity contribution in [3.8, 4) is 11.5 Å². The first-order valence-electron chi connectivity index (χ1n) is 7.08. The predicted octanol–water partition coefficient (Wildman–Crippen LogP) is 3.36. The molecule has 0 saturated heterocycles. The van der Waals surface area contributed by atoms with Crippen LogP contribution in [0.3, 0.4) is 0 Å². The normalized spacial score (nSPS) is 10.8. The van der Waals surface area contributed by atoms with Crippen LogP contribution in [-0.2, 0) is 6.54 Å². The molecule has 0 aliphatic carbocycles. The van der Waals surface area contributed by atoms with Crippen LogP contribution in [0, 0.1) is 5.82 Å². The summed E-state index contributed by atoms with van der Waals surface area (Å²) in [6.07, 6.45) is 1.40. The topological polar surface area (TPSA) is 53.4 Å². The van der Waals surface area contributed by atoms with Crippen LogP contribution in [-0.4, -0.2) is 23.8 Å². The monoisotopic (exact) mass is 392 g/mol. The van der Waals surface area contributed by atoms with E-state index in [-0.39, 0.29) is 12.1 Å². The van der Waals surface area contributed by atoms with Gasteiger partial charge in [-0.3, -0.25) is 9.36 Å². The number of methoxy groups -OCH3 is 2. The van der Waals surface area contributed by atoms with E-state index in [1.807, 2.05) is 0 Å². The summed E-state index contributed by atoms with van der Waals surface area (Å²) in [5.74, 6) is 0.829. The van der Waals surface area contributed by atoms with Crippen molar-refractivity contribution < 1.29 is 13.9 Å². The molecule has 0 fully saturated rings. The lowest BCUT2D eigenvalue weighted by Crippen LogP contribution is -2.21. The highest BCUT2D eigenvalue weighted by molar-refractivity contribution is 9.10. The van der Waals surface area contributed by atoms with Crippen molar-refractivity contribution in [2.45, 2.75) is 6.54 Å². The molecule has 3 rings (SSSR count). The molecule has 0 amide bonds. The maximum absolute atomic E-state index is 13.3. The number of hydrogen-bond donors (Lipinski definition) is 0. The summed E-state index contributed by atoms with van der Waals surface area (Å²) in [7, 11) is 3.12. The minimum atomic E-state index is -0.425. The second-order valence-electron chi connectivity index (χ2n) is 5.14. The average molecular weight is 393 g/mol. The zero-order valence-electron chi connectivity index (χ0n) is 13.0. The standard InChI is InChI=1S/C17H14BrFN2O3/c1-23-15-7-13(18)16(24-2)5-10(15)8-21-9-20-14-6-11(19)3-4-12(14)17(21)22/h3-7,9H,8H2,1-2H3. The van der Waals surface area contributed by atoms with E-state index < -0.39 is 5.82 Å². The van der Waals surface area contributed by atoms with Gasteiger partial charge in [0.25, 0.3) is 5.56 Å². The summed E-state index contributed by atoms with van der Waals surface area (Å²) in [6.45, 7) is 0.256. The third kappa shape index (κ3) is 2.99. The van der Waals surface area contributed by atoms with E-state index in [1.165, 1.54) is 29.1 Å². The van der Waals surface area contributed by atoms with Crippen molar-refractivity contribution in [1.82, 2.24) is 9.55 Å². The van der Waals surface area contributed by atoms with E-state index in [1.54, 1.807) is 26.4 Å². The molecule has 1 heterocycles. The van der Waals surface area contributed by atoms with Gasteiger partial charge in [0.05, 0.1) is 42.5 Å². The average Bonchev–Trinajstić information content (AvgIpc) is 2.58. The number of halogens is 2. The molecule has 0 spiro atoms. The van der Waals surface area contributed by atoms with Gasteiger partial charge in [-0.1, -0.05) is 0 Å². The van der Waals surface area contributed by atoms with Crippen LogP contribution in [0.2, 0.25) is 0 Å². The van der Waals surface area contributed by atoms with Crippen molar-refractivity contribution in [3.63, 3.8) is 0 Å². The summed E-state index contributed by atoms with van der Waals surface area (Å²) in [5.41, 5.74) is 0.850.